The Morgan fingerprint density at radius 1 is 1.62 bits per heavy atom. The molecule has 0 bridgehead atoms. The van der Waals surface area contributed by atoms with E-state index < -0.39 is 0 Å². The quantitative estimate of drug-likeness (QED) is 0.483. The highest BCUT2D eigenvalue weighted by Gasteiger charge is 2.21. The minimum absolute atomic E-state index is 0.200. The van der Waals surface area contributed by atoms with Gasteiger partial charge in [0.15, 0.2) is 0 Å². The molecule has 0 radical (unpaired) electrons. The summed E-state index contributed by atoms with van der Waals surface area (Å²) >= 11 is 0. The minimum atomic E-state index is 0.200. The summed E-state index contributed by atoms with van der Waals surface area (Å²) in [5.41, 5.74) is 1.88. The Morgan fingerprint density at radius 3 is 3.12 bits per heavy atom. The van der Waals surface area contributed by atoms with Crippen molar-refractivity contribution >= 4 is 6.21 Å². The molecular weight excluding hydrogens is 206 g/mol. The average molecular weight is 221 g/mol. The van der Waals surface area contributed by atoms with Gasteiger partial charge in [-0.3, -0.25) is 0 Å². The predicted octanol–water partition coefficient (Wildman–Crippen LogP) is 2.22. The molecule has 1 unspecified atom stereocenters. The van der Waals surface area contributed by atoms with Gasteiger partial charge >= 0.3 is 0 Å². The molecular formula is C12H15NO3. The van der Waals surface area contributed by atoms with Gasteiger partial charge in [0.2, 0.25) is 0 Å². The van der Waals surface area contributed by atoms with Crippen molar-refractivity contribution in [1.29, 1.82) is 0 Å². The zero-order chi connectivity index (χ0) is 11.5. The van der Waals surface area contributed by atoms with E-state index in [1.165, 1.54) is 6.21 Å². The second kappa shape index (κ2) is 4.43. The Hall–Kier alpha value is -1.71. The van der Waals surface area contributed by atoms with Crippen LogP contribution in [0.1, 0.15) is 25.0 Å². The average Bonchev–Trinajstić information content (AvgIpc) is 2.58. The lowest BCUT2D eigenvalue weighted by Gasteiger charge is -2.09. The lowest BCUT2D eigenvalue weighted by atomic mass is 10.1. The van der Waals surface area contributed by atoms with E-state index in [0.29, 0.717) is 6.61 Å². The fourth-order valence-corrected chi connectivity index (χ4v) is 1.90. The van der Waals surface area contributed by atoms with Gasteiger partial charge in [0.25, 0.3) is 0 Å². The van der Waals surface area contributed by atoms with E-state index >= 15 is 0 Å². The van der Waals surface area contributed by atoms with E-state index in [-0.39, 0.29) is 6.10 Å². The number of rotatable bonds is 3. The maximum Gasteiger partial charge on any atom is 0.128 e. The molecule has 0 amide bonds. The molecule has 2 rings (SSSR count). The Morgan fingerprint density at radius 2 is 2.44 bits per heavy atom. The van der Waals surface area contributed by atoms with Crippen molar-refractivity contribution in [1.82, 2.24) is 0 Å². The first-order valence-corrected chi connectivity index (χ1v) is 5.38. The third-order valence-corrected chi connectivity index (χ3v) is 2.53. The topological polar surface area (TPSA) is 51.0 Å². The monoisotopic (exact) mass is 221 g/mol. The lowest BCUT2D eigenvalue weighted by Crippen LogP contribution is -2.05. The molecule has 0 aliphatic carbocycles. The van der Waals surface area contributed by atoms with E-state index in [0.717, 1.165) is 29.0 Å². The van der Waals surface area contributed by atoms with Crippen LogP contribution in [0, 0.1) is 0 Å². The van der Waals surface area contributed by atoms with E-state index in [4.69, 9.17) is 14.7 Å². The molecule has 86 valence electrons. The Labute approximate surface area is 94.5 Å². The van der Waals surface area contributed by atoms with Gasteiger partial charge in [0.1, 0.15) is 17.6 Å². The zero-order valence-corrected chi connectivity index (χ0v) is 9.43. The van der Waals surface area contributed by atoms with Gasteiger partial charge in [0, 0.05) is 17.5 Å². The fraction of sp³-hybridized carbons (Fsp3) is 0.417. The third kappa shape index (κ3) is 1.96. The van der Waals surface area contributed by atoms with E-state index in [1.54, 1.807) is 0 Å². The number of benzene rings is 1. The van der Waals surface area contributed by atoms with Crippen molar-refractivity contribution in [2.24, 2.45) is 5.16 Å². The molecule has 1 N–H and O–H groups in total. The molecule has 1 heterocycles. The first-order chi connectivity index (χ1) is 7.74. The molecule has 4 nitrogen and oxygen atoms in total. The van der Waals surface area contributed by atoms with Crippen molar-refractivity contribution in [3.63, 3.8) is 0 Å². The summed E-state index contributed by atoms with van der Waals surface area (Å²) in [6, 6.07) is 3.81. The molecule has 1 aliphatic heterocycles. The van der Waals surface area contributed by atoms with Gasteiger partial charge < -0.3 is 14.7 Å². The van der Waals surface area contributed by atoms with Crippen molar-refractivity contribution in [3.05, 3.63) is 23.3 Å². The number of fused-ring (bicyclic) bond motifs is 1. The summed E-state index contributed by atoms with van der Waals surface area (Å²) in [6.45, 7) is 4.54. The SMILES string of the molecule is CCOc1cc2c(cc1C=NO)OC(C)C2. The molecule has 0 spiro atoms. The lowest BCUT2D eigenvalue weighted by molar-refractivity contribution is 0.254. The number of hydrogen-bond acceptors (Lipinski definition) is 4. The number of hydrogen-bond donors (Lipinski definition) is 1. The Balaban J connectivity index is 2.40. The molecule has 4 heteroatoms. The highest BCUT2D eigenvalue weighted by molar-refractivity contribution is 5.84. The van der Waals surface area contributed by atoms with E-state index in [1.807, 2.05) is 26.0 Å². The molecule has 1 aliphatic rings. The van der Waals surface area contributed by atoms with Crippen LogP contribution in [-0.4, -0.2) is 24.1 Å². The number of ether oxygens (including phenoxy) is 2. The second-order valence-electron chi connectivity index (χ2n) is 3.81. The van der Waals surface area contributed by atoms with Crippen molar-refractivity contribution in [2.75, 3.05) is 6.61 Å². The molecule has 0 aromatic heterocycles. The maximum absolute atomic E-state index is 8.59. The molecule has 1 aromatic carbocycles. The molecule has 0 fully saturated rings. The summed E-state index contributed by atoms with van der Waals surface area (Å²) in [7, 11) is 0. The van der Waals surface area contributed by atoms with E-state index in [2.05, 4.69) is 5.16 Å². The molecule has 1 aromatic rings. The number of nitrogens with zero attached hydrogens (tertiary/aromatic N) is 1. The Kier molecular flexibility index (Phi) is 2.99. The van der Waals surface area contributed by atoms with Gasteiger partial charge in [-0.25, -0.2) is 0 Å². The molecule has 0 saturated carbocycles. The summed E-state index contributed by atoms with van der Waals surface area (Å²) in [5, 5.41) is 11.6. The van der Waals surface area contributed by atoms with Gasteiger partial charge in [0.05, 0.1) is 12.8 Å². The van der Waals surface area contributed by atoms with Crippen LogP contribution in [0.5, 0.6) is 11.5 Å². The van der Waals surface area contributed by atoms with Gasteiger partial charge in [-0.05, 0) is 26.0 Å². The third-order valence-electron chi connectivity index (χ3n) is 2.53. The zero-order valence-electron chi connectivity index (χ0n) is 9.43. The maximum atomic E-state index is 8.59. The first-order valence-electron chi connectivity index (χ1n) is 5.38. The first kappa shape index (κ1) is 10.8. The van der Waals surface area contributed by atoms with Crippen molar-refractivity contribution in [3.8, 4) is 11.5 Å². The van der Waals surface area contributed by atoms with Gasteiger partial charge in [-0.2, -0.15) is 0 Å². The fourth-order valence-electron chi connectivity index (χ4n) is 1.90. The summed E-state index contributed by atoms with van der Waals surface area (Å²) < 4.78 is 11.1. The van der Waals surface area contributed by atoms with Crippen LogP contribution in [0.3, 0.4) is 0 Å². The summed E-state index contributed by atoms with van der Waals surface area (Å²) in [4.78, 5) is 0. The van der Waals surface area contributed by atoms with Crippen molar-refractivity contribution in [2.45, 2.75) is 26.4 Å². The second-order valence-corrected chi connectivity index (χ2v) is 3.81. The molecule has 1 atom stereocenters. The molecule has 0 saturated heterocycles. The largest absolute Gasteiger partial charge is 0.493 e. The normalized spacial score (nSPS) is 18.5. The number of oxime groups is 1. The van der Waals surface area contributed by atoms with Crippen LogP contribution < -0.4 is 9.47 Å². The standard InChI is InChI=1S/C12H15NO3/c1-3-15-11-5-9-4-8(2)16-12(9)6-10(11)7-13-14/h5-8,14H,3-4H2,1-2H3. The van der Waals surface area contributed by atoms with Gasteiger partial charge in [-0.1, -0.05) is 5.16 Å². The highest BCUT2D eigenvalue weighted by Crippen LogP contribution is 2.34. The van der Waals surface area contributed by atoms with Gasteiger partial charge in [-0.15, -0.1) is 0 Å². The van der Waals surface area contributed by atoms with Crippen LogP contribution in [0.2, 0.25) is 0 Å². The van der Waals surface area contributed by atoms with Crippen LogP contribution in [-0.2, 0) is 6.42 Å². The van der Waals surface area contributed by atoms with Crippen LogP contribution in [0.4, 0.5) is 0 Å². The van der Waals surface area contributed by atoms with Crippen molar-refractivity contribution < 1.29 is 14.7 Å². The minimum Gasteiger partial charge on any atom is -0.493 e. The summed E-state index contributed by atoms with van der Waals surface area (Å²) in [5.74, 6) is 1.59. The predicted molar refractivity (Wildman–Crippen MR) is 60.8 cm³/mol. The Bertz CT molecular complexity index is 415. The van der Waals surface area contributed by atoms with Crippen LogP contribution in [0.15, 0.2) is 17.3 Å². The van der Waals surface area contributed by atoms with E-state index in [9.17, 15) is 0 Å². The molecule has 16 heavy (non-hydrogen) atoms. The highest BCUT2D eigenvalue weighted by atomic mass is 16.5. The van der Waals surface area contributed by atoms with Crippen LogP contribution in [0.25, 0.3) is 0 Å². The smallest absolute Gasteiger partial charge is 0.128 e. The van der Waals surface area contributed by atoms with Crippen LogP contribution >= 0.6 is 0 Å². The summed E-state index contributed by atoms with van der Waals surface area (Å²) in [6.07, 6.45) is 2.45.